The standard InChI is InChI=1S/C28H27FN8O2/c1-14(38)23-24(18-10-20-6-7-21(11-18)36(20)28(39)25(31)33-13-30)35-27-22(12-34-37(27)26(23)32)16-3-2-15-4-5-19(29)9-17(15)8-16/h2-5,8-9,12-13,18,20-21H,6-7,10-11,32H2,1H3,(H3,30,31,33). The zero-order valence-electron chi connectivity index (χ0n) is 21.3. The van der Waals surface area contributed by atoms with Gasteiger partial charge < -0.3 is 16.4 Å². The van der Waals surface area contributed by atoms with Crippen LogP contribution in [0.5, 0.6) is 0 Å². The number of ketones is 1. The number of piperidine rings is 1. The summed E-state index contributed by atoms with van der Waals surface area (Å²) in [5, 5.41) is 13.2. The van der Waals surface area contributed by atoms with Gasteiger partial charge in [0.1, 0.15) is 18.0 Å². The minimum atomic E-state index is -0.370. The second-order valence-corrected chi connectivity index (χ2v) is 10.2. The highest BCUT2D eigenvalue weighted by atomic mass is 19.1. The molecule has 2 aromatic carbocycles. The molecule has 198 valence electrons. The van der Waals surface area contributed by atoms with Crippen molar-refractivity contribution in [1.82, 2.24) is 19.5 Å². The molecular weight excluding hydrogens is 499 g/mol. The monoisotopic (exact) mass is 526 g/mol. The van der Waals surface area contributed by atoms with Crippen molar-refractivity contribution in [2.45, 2.75) is 50.6 Å². The van der Waals surface area contributed by atoms with E-state index in [2.05, 4.69) is 10.1 Å². The molecule has 0 aliphatic carbocycles. The van der Waals surface area contributed by atoms with Crippen LogP contribution in [-0.4, -0.2) is 55.4 Å². The molecule has 6 rings (SSSR count). The first-order valence-corrected chi connectivity index (χ1v) is 12.8. The van der Waals surface area contributed by atoms with Gasteiger partial charge in [0.2, 0.25) is 0 Å². The van der Waals surface area contributed by atoms with E-state index in [0.29, 0.717) is 29.7 Å². The maximum Gasteiger partial charge on any atom is 0.289 e. The summed E-state index contributed by atoms with van der Waals surface area (Å²) in [5.74, 6) is -0.984. The van der Waals surface area contributed by atoms with Crippen LogP contribution in [0.2, 0.25) is 0 Å². The number of fused-ring (bicyclic) bond motifs is 4. The van der Waals surface area contributed by atoms with E-state index in [4.69, 9.17) is 21.9 Å². The second kappa shape index (κ2) is 9.26. The maximum atomic E-state index is 13.9. The summed E-state index contributed by atoms with van der Waals surface area (Å²) in [6.07, 6.45) is 5.23. The van der Waals surface area contributed by atoms with Gasteiger partial charge in [0.05, 0.1) is 17.5 Å². The van der Waals surface area contributed by atoms with Crippen molar-refractivity contribution in [3.05, 3.63) is 59.7 Å². The molecule has 0 saturated carbocycles. The van der Waals surface area contributed by atoms with E-state index in [9.17, 15) is 14.0 Å². The molecule has 2 aliphatic heterocycles. The fraction of sp³-hybridized carbons (Fsp3) is 0.286. The fourth-order valence-corrected chi connectivity index (χ4v) is 6.27. The van der Waals surface area contributed by atoms with Gasteiger partial charge in [-0.25, -0.2) is 14.4 Å². The lowest BCUT2D eigenvalue weighted by molar-refractivity contribution is -0.128. The number of hydrogen-bond acceptors (Lipinski definition) is 6. The minimum Gasteiger partial charge on any atom is -0.383 e. The summed E-state index contributed by atoms with van der Waals surface area (Å²) in [6, 6.07) is 10.2. The normalized spacial score (nSPS) is 21.0. The van der Waals surface area contributed by atoms with Crippen LogP contribution < -0.4 is 11.5 Å². The zero-order chi connectivity index (χ0) is 27.4. The number of amides is 1. The number of aliphatic imine (C=N–C) groups is 1. The van der Waals surface area contributed by atoms with E-state index < -0.39 is 0 Å². The number of nitrogens with two attached hydrogens (primary N) is 2. The molecule has 2 fully saturated rings. The van der Waals surface area contributed by atoms with Gasteiger partial charge >= 0.3 is 0 Å². The van der Waals surface area contributed by atoms with E-state index in [-0.39, 0.29) is 47.2 Å². The zero-order valence-corrected chi connectivity index (χ0v) is 21.3. The number of carbonyl (C=O) groups is 2. The highest BCUT2D eigenvalue weighted by Crippen LogP contribution is 2.44. The van der Waals surface area contributed by atoms with Gasteiger partial charge in [-0.05, 0) is 67.1 Å². The number of nitrogens with one attached hydrogen (secondary N) is 1. The quantitative estimate of drug-likeness (QED) is 0.209. The molecular formula is C28H27FN8O2. The Labute approximate surface area is 223 Å². The first-order valence-electron chi connectivity index (χ1n) is 12.8. The molecule has 2 atom stereocenters. The summed E-state index contributed by atoms with van der Waals surface area (Å²) in [6.45, 7) is 1.47. The van der Waals surface area contributed by atoms with Gasteiger partial charge in [-0.3, -0.25) is 15.0 Å². The van der Waals surface area contributed by atoms with Gasteiger partial charge in [-0.15, -0.1) is 0 Å². The highest BCUT2D eigenvalue weighted by Gasteiger charge is 2.45. The SMILES string of the molecule is CC(=O)c1c(C2CC3CCC(C2)N3C(=O)C(N)=NC=N)nc2c(-c3ccc4ccc(F)cc4c3)cnn2c1N. The van der Waals surface area contributed by atoms with Gasteiger partial charge in [-0.2, -0.15) is 9.61 Å². The van der Waals surface area contributed by atoms with Crippen molar-refractivity contribution in [3.63, 3.8) is 0 Å². The molecule has 2 aromatic heterocycles. The van der Waals surface area contributed by atoms with Crippen molar-refractivity contribution >= 4 is 46.1 Å². The fourth-order valence-electron chi connectivity index (χ4n) is 6.27. The van der Waals surface area contributed by atoms with Gasteiger partial charge in [-0.1, -0.05) is 18.2 Å². The summed E-state index contributed by atoms with van der Waals surface area (Å²) in [4.78, 5) is 36.2. The number of benzene rings is 2. The first kappa shape index (κ1) is 24.7. The van der Waals surface area contributed by atoms with Crippen LogP contribution in [-0.2, 0) is 4.79 Å². The van der Waals surface area contributed by atoms with Crippen molar-refractivity contribution < 1.29 is 14.0 Å². The summed E-state index contributed by atoms with van der Waals surface area (Å²) in [7, 11) is 0. The molecule has 10 nitrogen and oxygen atoms in total. The van der Waals surface area contributed by atoms with Crippen LogP contribution >= 0.6 is 0 Å². The largest absolute Gasteiger partial charge is 0.383 e. The predicted molar refractivity (Wildman–Crippen MR) is 146 cm³/mol. The van der Waals surface area contributed by atoms with Gasteiger partial charge in [0.15, 0.2) is 17.3 Å². The molecule has 2 saturated heterocycles. The predicted octanol–water partition coefficient (Wildman–Crippen LogP) is 3.67. The molecule has 1 amide bonds. The first-order chi connectivity index (χ1) is 18.8. The third-order valence-corrected chi connectivity index (χ3v) is 7.95. The van der Waals surface area contributed by atoms with Crippen molar-refractivity contribution in [3.8, 4) is 11.1 Å². The van der Waals surface area contributed by atoms with E-state index in [1.807, 2.05) is 18.2 Å². The Balaban J connectivity index is 1.43. The van der Waals surface area contributed by atoms with E-state index >= 15 is 0 Å². The number of carbonyl (C=O) groups excluding carboxylic acids is 2. The second-order valence-electron chi connectivity index (χ2n) is 10.2. The number of halogens is 1. The van der Waals surface area contributed by atoms with Crippen LogP contribution in [0.4, 0.5) is 10.2 Å². The molecule has 11 heteroatoms. The Kier molecular flexibility index (Phi) is 5.86. The molecule has 0 spiro atoms. The van der Waals surface area contributed by atoms with Crippen LogP contribution in [0.3, 0.4) is 0 Å². The lowest BCUT2D eigenvalue weighted by Crippen LogP contribution is -2.50. The van der Waals surface area contributed by atoms with Crippen molar-refractivity contribution in [2.75, 3.05) is 5.73 Å². The lowest BCUT2D eigenvalue weighted by atomic mass is 9.85. The van der Waals surface area contributed by atoms with Crippen molar-refractivity contribution in [2.24, 2.45) is 10.7 Å². The van der Waals surface area contributed by atoms with E-state index in [1.165, 1.54) is 23.6 Å². The molecule has 2 aliphatic rings. The van der Waals surface area contributed by atoms with Crippen LogP contribution in [0.1, 0.15) is 54.6 Å². The third-order valence-electron chi connectivity index (χ3n) is 7.95. The Bertz CT molecular complexity index is 1700. The minimum absolute atomic E-state index is 0.0837. The molecule has 0 radical (unpaired) electrons. The Morgan fingerprint density at radius 2 is 1.85 bits per heavy atom. The van der Waals surface area contributed by atoms with E-state index in [0.717, 1.165) is 41.1 Å². The Morgan fingerprint density at radius 3 is 2.54 bits per heavy atom. The Morgan fingerprint density at radius 1 is 1.13 bits per heavy atom. The number of amidine groups is 1. The van der Waals surface area contributed by atoms with E-state index in [1.54, 1.807) is 17.2 Å². The molecule has 4 aromatic rings. The average molecular weight is 527 g/mol. The summed E-state index contributed by atoms with van der Waals surface area (Å²) >= 11 is 0. The number of rotatable bonds is 4. The topological polar surface area (TPSA) is 156 Å². The molecule has 5 N–H and O–H groups in total. The lowest BCUT2D eigenvalue weighted by Gasteiger charge is -2.39. The van der Waals surface area contributed by atoms with Gasteiger partial charge in [0, 0.05) is 23.6 Å². The van der Waals surface area contributed by atoms with Gasteiger partial charge in [0.25, 0.3) is 5.91 Å². The third kappa shape index (κ3) is 4.01. The highest BCUT2D eigenvalue weighted by molar-refractivity contribution is 6.38. The summed E-state index contributed by atoms with van der Waals surface area (Å²) < 4.78 is 15.4. The summed E-state index contributed by atoms with van der Waals surface area (Å²) in [5.41, 5.74) is 15.3. The number of hydrogen-bond donors (Lipinski definition) is 3. The molecule has 2 bridgehead atoms. The smallest absolute Gasteiger partial charge is 0.289 e. The van der Waals surface area contributed by atoms with Crippen LogP contribution in [0.15, 0.2) is 47.6 Å². The van der Waals surface area contributed by atoms with Crippen molar-refractivity contribution in [1.29, 1.82) is 5.41 Å². The number of nitrogen functional groups attached to an aromatic ring is 1. The van der Waals surface area contributed by atoms with Crippen LogP contribution in [0.25, 0.3) is 27.5 Å². The molecule has 4 heterocycles. The Hall–Kier alpha value is -4.67. The molecule has 39 heavy (non-hydrogen) atoms. The number of anilines is 1. The number of aromatic nitrogens is 3. The number of Topliss-reactive ketones (excluding diaryl/α,β-unsaturated/α-hetero) is 1. The van der Waals surface area contributed by atoms with Crippen LogP contribution in [0, 0.1) is 11.2 Å². The number of nitrogens with zero attached hydrogens (tertiary/aromatic N) is 5. The molecule has 2 unspecified atom stereocenters. The average Bonchev–Trinajstić information content (AvgIpc) is 3.45. The maximum absolute atomic E-state index is 13.9.